The van der Waals surface area contributed by atoms with Crippen LogP contribution in [0.5, 0.6) is 0 Å². The van der Waals surface area contributed by atoms with Crippen molar-refractivity contribution < 1.29 is 4.48 Å². The first kappa shape index (κ1) is 10.8. The van der Waals surface area contributed by atoms with Crippen LogP contribution in [0.4, 0.5) is 15.9 Å². The lowest BCUT2D eigenvalue weighted by Crippen LogP contribution is -2.19. The lowest BCUT2D eigenvalue weighted by Gasteiger charge is -2.15. The smallest absolute Gasteiger partial charge is 0.0930 e. The molecular formula is C12H10ClFN2. The summed E-state index contributed by atoms with van der Waals surface area (Å²) in [5.74, 6) is 0. The molecule has 2 nitrogen and oxygen atoms in total. The van der Waals surface area contributed by atoms with E-state index in [-0.39, 0.29) is 0 Å². The first-order valence-electron chi connectivity index (χ1n) is 4.79. The molecule has 0 aliphatic rings. The van der Waals surface area contributed by atoms with Crippen molar-refractivity contribution >= 4 is 23.0 Å². The lowest BCUT2D eigenvalue weighted by atomic mass is 10.3. The summed E-state index contributed by atoms with van der Waals surface area (Å²) in [6, 6.07) is 15.5. The van der Waals surface area contributed by atoms with Crippen molar-refractivity contribution in [2.75, 3.05) is 10.7 Å². The molecule has 0 unspecified atom stereocenters. The number of halogens is 2. The zero-order valence-corrected chi connectivity index (χ0v) is 9.16. The Kier molecular flexibility index (Phi) is 3.27. The second kappa shape index (κ2) is 4.86. The van der Waals surface area contributed by atoms with Crippen molar-refractivity contribution in [2.45, 2.75) is 0 Å². The number of hydrazine groups is 1. The molecular weight excluding hydrogens is 227 g/mol. The van der Waals surface area contributed by atoms with E-state index in [2.05, 4.69) is 5.43 Å². The molecule has 0 saturated carbocycles. The van der Waals surface area contributed by atoms with E-state index in [4.69, 9.17) is 11.6 Å². The number of nitrogens with one attached hydrogen (secondary N) is 1. The molecule has 0 aromatic heterocycles. The van der Waals surface area contributed by atoms with Crippen LogP contribution in [0, 0.1) is 0 Å². The Morgan fingerprint density at radius 2 is 1.56 bits per heavy atom. The van der Waals surface area contributed by atoms with Gasteiger partial charge >= 0.3 is 0 Å². The molecule has 16 heavy (non-hydrogen) atoms. The maximum Gasteiger partial charge on any atom is 0.0930 e. The van der Waals surface area contributed by atoms with Crippen LogP contribution in [0.3, 0.4) is 0 Å². The van der Waals surface area contributed by atoms with E-state index >= 15 is 0 Å². The quantitative estimate of drug-likeness (QED) is 0.639. The number of rotatable bonds is 3. The third-order valence-corrected chi connectivity index (χ3v) is 2.31. The second-order valence-corrected chi connectivity index (χ2v) is 3.67. The summed E-state index contributed by atoms with van der Waals surface area (Å²) in [6.07, 6.45) is 0. The van der Waals surface area contributed by atoms with Crippen molar-refractivity contribution in [3.63, 3.8) is 0 Å². The van der Waals surface area contributed by atoms with Crippen molar-refractivity contribution in [3.8, 4) is 0 Å². The zero-order valence-electron chi connectivity index (χ0n) is 8.40. The predicted octanol–water partition coefficient (Wildman–Crippen LogP) is 4.06. The summed E-state index contributed by atoms with van der Waals surface area (Å²) < 4.78 is 13.6. The van der Waals surface area contributed by atoms with Gasteiger partial charge in [-0.25, -0.2) is 0 Å². The van der Waals surface area contributed by atoms with E-state index in [9.17, 15) is 4.48 Å². The highest BCUT2D eigenvalue weighted by Gasteiger charge is 2.03. The monoisotopic (exact) mass is 236 g/mol. The number of hydrogen-bond donors (Lipinski definition) is 1. The van der Waals surface area contributed by atoms with Gasteiger partial charge in [0.05, 0.1) is 11.4 Å². The summed E-state index contributed by atoms with van der Waals surface area (Å²) in [7, 11) is 0. The molecule has 82 valence electrons. The normalized spacial score (nSPS) is 9.88. The third kappa shape index (κ3) is 2.64. The van der Waals surface area contributed by atoms with Gasteiger partial charge in [-0.1, -0.05) is 34.3 Å². The van der Waals surface area contributed by atoms with Crippen LogP contribution in [0.2, 0.25) is 5.02 Å². The molecule has 0 aliphatic heterocycles. The van der Waals surface area contributed by atoms with Gasteiger partial charge < -0.3 is 0 Å². The van der Waals surface area contributed by atoms with Crippen LogP contribution in [-0.4, -0.2) is 0 Å². The fraction of sp³-hybridized carbons (Fsp3) is 0. The Morgan fingerprint density at radius 1 is 0.938 bits per heavy atom. The highest BCUT2D eigenvalue weighted by molar-refractivity contribution is 6.30. The van der Waals surface area contributed by atoms with Gasteiger partial charge in [0.1, 0.15) is 0 Å². The topological polar surface area (TPSA) is 15.3 Å². The average molecular weight is 237 g/mol. The zero-order chi connectivity index (χ0) is 11.4. The van der Waals surface area contributed by atoms with E-state index in [1.165, 1.54) is 0 Å². The van der Waals surface area contributed by atoms with Crippen LogP contribution in [-0.2, 0) is 0 Å². The highest BCUT2D eigenvalue weighted by Crippen LogP contribution is 2.18. The number of para-hydroxylation sites is 1. The minimum absolute atomic E-state index is 0.442. The molecule has 0 atom stereocenters. The third-order valence-electron chi connectivity index (χ3n) is 2.05. The molecule has 2 aromatic rings. The maximum atomic E-state index is 13.6. The minimum atomic E-state index is 0.442. The van der Waals surface area contributed by atoms with Crippen molar-refractivity contribution in [1.29, 1.82) is 0 Å². The number of nitrogens with zero attached hydrogens (tertiary/aromatic N) is 1. The summed E-state index contributed by atoms with van der Waals surface area (Å²) in [6.45, 7) is 0. The Bertz CT molecular complexity index is 444. The highest BCUT2D eigenvalue weighted by atomic mass is 35.5. The fourth-order valence-electron chi connectivity index (χ4n) is 1.26. The molecule has 2 rings (SSSR count). The van der Waals surface area contributed by atoms with Crippen LogP contribution in [0.15, 0.2) is 54.6 Å². The van der Waals surface area contributed by atoms with E-state index in [1.807, 2.05) is 6.07 Å². The molecule has 4 heteroatoms. The van der Waals surface area contributed by atoms with Crippen LogP contribution in [0.1, 0.15) is 0 Å². The van der Waals surface area contributed by atoms with Crippen LogP contribution in [0.25, 0.3) is 0 Å². The molecule has 0 aliphatic carbocycles. The summed E-state index contributed by atoms with van der Waals surface area (Å²) in [5.41, 5.74) is 3.67. The molecule has 0 spiro atoms. The van der Waals surface area contributed by atoms with Gasteiger partial charge in [-0.05, 0) is 36.4 Å². The van der Waals surface area contributed by atoms with Crippen LogP contribution < -0.4 is 10.7 Å². The largest absolute Gasteiger partial charge is 0.270 e. The maximum absolute atomic E-state index is 13.6. The summed E-state index contributed by atoms with van der Waals surface area (Å²) >= 11 is 5.73. The summed E-state index contributed by atoms with van der Waals surface area (Å²) in [5, 5.41) is 1.08. The van der Waals surface area contributed by atoms with Gasteiger partial charge in [-0.2, -0.15) is 0 Å². The SMILES string of the molecule is FN(Nc1ccc(Cl)cc1)c1ccccc1. The molecule has 0 radical (unpaired) electrons. The van der Waals surface area contributed by atoms with Crippen molar-refractivity contribution in [1.82, 2.24) is 0 Å². The molecule has 2 aromatic carbocycles. The Labute approximate surface area is 98.2 Å². The molecule has 0 fully saturated rings. The molecule has 1 N–H and O–H groups in total. The Balaban J connectivity index is 2.08. The molecule has 0 heterocycles. The van der Waals surface area contributed by atoms with E-state index in [1.54, 1.807) is 48.5 Å². The van der Waals surface area contributed by atoms with Gasteiger partial charge in [0.15, 0.2) is 0 Å². The average Bonchev–Trinajstić information content (AvgIpc) is 2.33. The van der Waals surface area contributed by atoms with E-state index < -0.39 is 0 Å². The lowest BCUT2D eigenvalue weighted by molar-refractivity contribution is 0.472. The predicted molar refractivity (Wildman–Crippen MR) is 65.1 cm³/mol. The van der Waals surface area contributed by atoms with Crippen LogP contribution >= 0.6 is 11.6 Å². The number of benzene rings is 2. The number of anilines is 2. The van der Waals surface area contributed by atoms with Crippen molar-refractivity contribution in [2.24, 2.45) is 0 Å². The first-order valence-corrected chi connectivity index (χ1v) is 5.17. The first-order chi connectivity index (χ1) is 7.75. The molecule has 0 amide bonds. The van der Waals surface area contributed by atoms with Gasteiger partial charge in [-0.3, -0.25) is 5.43 Å². The Morgan fingerprint density at radius 3 is 2.19 bits per heavy atom. The van der Waals surface area contributed by atoms with Gasteiger partial charge in [0, 0.05) is 5.02 Å². The fourth-order valence-corrected chi connectivity index (χ4v) is 1.39. The minimum Gasteiger partial charge on any atom is -0.270 e. The second-order valence-electron chi connectivity index (χ2n) is 3.24. The number of hydrogen-bond acceptors (Lipinski definition) is 2. The molecule has 0 saturated heterocycles. The van der Waals surface area contributed by atoms with Crippen molar-refractivity contribution in [3.05, 3.63) is 59.6 Å². The summed E-state index contributed by atoms with van der Waals surface area (Å²) in [4.78, 5) is 0. The standard InChI is InChI=1S/C12H10ClFN2/c13-10-6-8-11(9-7-10)15-16(14)12-4-2-1-3-5-12/h1-9,15H. The van der Waals surface area contributed by atoms with E-state index in [0.29, 0.717) is 21.6 Å². The molecule has 0 bridgehead atoms. The van der Waals surface area contributed by atoms with E-state index in [0.717, 1.165) is 0 Å². The van der Waals surface area contributed by atoms with Gasteiger partial charge in [-0.15, -0.1) is 5.23 Å². The van der Waals surface area contributed by atoms with Gasteiger partial charge in [0.2, 0.25) is 0 Å². The Hall–Kier alpha value is -1.74. The van der Waals surface area contributed by atoms with Gasteiger partial charge in [0.25, 0.3) is 0 Å².